The standard InChI is InChI=1S/C6H12ClNO2S/c7-3-4-11(9,10)8-5-6-1-2-6/h6,8H,1-5H2. The summed E-state index contributed by atoms with van der Waals surface area (Å²) in [5, 5.41) is 0. The number of alkyl halides is 1. The van der Waals surface area contributed by atoms with Crippen LogP contribution in [0.3, 0.4) is 0 Å². The summed E-state index contributed by atoms with van der Waals surface area (Å²) in [6.07, 6.45) is 2.31. The van der Waals surface area contributed by atoms with Crippen molar-refractivity contribution in [1.29, 1.82) is 0 Å². The van der Waals surface area contributed by atoms with Crippen LogP contribution < -0.4 is 4.72 Å². The first-order chi connectivity index (χ1) is 5.14. The van der Waals surface area contributed by atoms with E-state index in [9.17, 15) is 8.42 Å². The number of sulfonamides is 1. The molecule has 0 aromatic heterocycles. The first kappa shape index (κ1) is 9.29. The SMILES string of the molecule is O=S(=O)(CCCl)NCC1CC1. The predicted molar refractivity (Wildman–Crippen MR) is 45.2 cm³/mol. The van der Waals surface area contributed by atoms with E-state index in [1.165, 1.54) is 0 Å². The average Bonchev–Trinajstić information content (AvgIpc) is 2.65. The van der Waals surface area contributed by atoms with E-state index in [0.29, 0.717) is 12.5 Å². The molecule has 3 nitrogen and oxygen atoms in total. The second-order valence-corrected chi connectivity index (χ2v) is 5.10. The van der Waals surface area contributed by atoms with Gasteiger partial charge >= 0.3 is 0 Å². The summed E-state index contributed by atoms with van der Waals surface area (Å²) in [5.74, 6) is 0.779. The van der Waals surface area contributed by atoms with Crippen LogP contribution >= 0.6 is 11.6 Å². The molecular formula is C6H12ClNO2S. The van der Waals surface area contributed by atoms with Gasteiger partial charge in [-0.2, -0.15) is 0 Å². The molecule has 0 spiro atoms. The Balaban J connectivity index is 2.21. The normalized spacial score (nSPS) is 18.6. The second-order valence-electron chi connectivity index (χ2n) is 2.80. The van der Waals surface area contributed by atoms with Gasteiger partial charge < -0.3 is 0 Å². The van der Waals surface area contributed by atoms with Crippen molar-refractivity contribution in [2.45, 2.75) is 12.8 Å². The van der Waals surface area contributed by atoms with E-state index in [0.717, 1.165) is 12.8 Å². The lowest BCUT2D eigenvalue weighted by atomic mass is 10.4. The highest BCUT2D eigenvalue weighted by molar-refractivity contribution is 7.89. The van der Waals surface area contributed by atoms with Gasteiger partial charge in [0.2, 0.25) is 10.0 Å². The van der Waals surface area contributed by atoms with Crippen LogP contribution in [0.1, 0.15) is 12.8 Å². The van der Waals surface area contributed by atoms with Gasteiger partial charge in [-0.15, -0.1) is 11.6 Å². The van der Waals surface area contributed by atoms with E-state index in [-0.39, 0.29) is 11.6 Å². The van der Waals surface area contributed by atoms with Crippen LogP contribution in [0.15, 0.2) is 0 Å². The molecule has 0 atom stereocenters. The topological polar surface area (TPSA) is 46.2 Å². The van der Waals surface area contributed by atoms with Crippen molar-refractivity contribution in [3.05, 3.63) is 0 Å². The van der Waals surface area contributed by atoms with Crippen molar-refractivity contribution in [2.24, 2.45) is 5.92 Å². The minimum Gasteiger partial charge on any atom is -0.215 e. The molecule has 0 unspecified atom stereocenters. The van der Waals surface area contributed by atoms with Gasteiger partial charge in [0.25, 0.3) is 0 Å². The monoisotopic (exact) mass is 197 g/mol. The van der Waals surface area contributed by atoms with Gasteiger partial charge in [0, 0.05) is 12.4 Å². The van der Waals surface area contributed by atoms with Crippen molar-refractivity contribution >= 4 is 21.6 Å². The zero-order chi connectivity index (χ0) is 8.32. The van der Waals surface area contributed by atoms with Crippen LogP contribution in [0, 0.1) is 5.92 Å². The number of nitrogens with one attached hydrogen (secondary N) is 1. The van der Waals surface area contributed by atoms with Crippen molar-refractivity contribution < 1.29 is 8.42 Å². The number of hydrogen-bond donors (Lipinski definition) is 1. The fourth-order valence-corrected chi connectivity index (χ4v) is 2.19. The Hall–Kier alpha value is 0.200. The Bertz CT molecular complexity index is 211. The summed E-state index contributed by atoms with van der Waals surface area (Å²) in [7, 11) is -3.07. The van der Waals surface area contributed by atoms with Crippen LogP contribution in [-0.4, -0.2) is 26.6 Å². The van der Waals surface area contributed by atoms with E-state index >= 15 is 0 Å². The zero-order valence-electron chi connectivity index (χ0n) is 6.22. The van der Waals surface area contributed by atoms with Gasteiger partial charge in [-0.05, 0) is 18.8 Å². The lowest BCUT2D eigenvalue weighted by molar-refractivity contribution is 0.579. The Morgan fingerprint density at radius 2 is 2.09 bits per heavy atom. The van der Waals surface area contributed by atoms with Gasteiger partial charge in [-0.3, -0.25) is 0 Å². The third kappa shape index (κ3) is 3.94. The maximum absolute atomic E-state index is 11.0. The molecule has 1 saturated carbocycles. The van der Waals surface area contributed by atoms with Crippen molar-refractivity contribution in [2.75, 3.05) is 18.2 Å². The first-order valence-electron chi connectivity index (χ1n) is 3.67. The molecule has 5 heteroatoms. The molecule has 0 bridgehead atoms. The summed E-state index contributed by atoms with van der Waals surface area (Å²) < 4.78 is 24.4. The Kier molecular flexibility index (Phi) is 3.16. The van der Waals surface area contributed by atoms with E-state index in [2.05, 4.69) is 4.72 Å². The third-order valence-corrected chi connectivity index (χ3v) is 3.40. The van der Waals surface area contributed by atoms with Crippen LogP contribution in [0.2, 0.25) is 0 Å². The zero-order valence-corrected chi connectivity index (χ0v) is 7.79. The van der Waals surface area contributed by atoms with Gasteiger partial charge in [-0.1, -0.05) is 0 Å². The highest BCUT2D eigenvalue weighted by Crippen LogP contribution is 2.27. The summed E-state index contributed by atoms with van der Waals surface area (Å²) in [6.45, 7) is 0.596. The number of rotatable bonds is 5. The van der Waals surface area contributed by atoms with Crippen LogP contribution in [0.4, 0.5) is 0 Å². The average molecular weight is 198 g/mol. The summed E-state index contributed by atoms with van der Waals surface area (Å²) in [4.78, 5) is 0. The molecule has 0 aromatic carbocycles. The molecule has 11 heavy (non-hydrogen) atoms. The minimum absolute atomic E-state index is 0.0290. The Morgan fingerprint density at radius 1 is 1.45 bits per heavy atom. The molecule has 66 valence electrons. The maximum Gasteiger partial charge on any atom is 0.212 e. The van der Waals surface area contributed by atoms with Gasteiger partial charge in [-0.25, -0.2) is 13.1 Å². The molecule has 0 amide bonds. The molecule has 0 aromatic rings. The third-order valence-electron chi connectivity index (χ3n) is 1.63. The maximum atomic E-state index is 11.0. The Labute approximate surface area is 72.2 Å². The largest absolute Gasteiger partial charge is 0.215 e. The van der Waals surface area contributed by atoms with Crippen LogP contribution in [0.5, 0.6) is 0 Å². The van der Waals surface area contributed by atoms with Gasteiger partial charge in [0.05, 0.1) is 5.75 Å². The highest BCUT2D eigenvalue weighted by atomic mass is 35.5. The summed E-state index contributed by atoms with van der Waals surface area (Å²) >= 11 is 5.30. The molecule has 1 rings (SSSR count). The molecule has 1 N–H and O–H groups in total. The number of hydrogen-bond acceptors (Lipinski definition) is 2. The van der Waals surface area contributed by atoms with Crippen molar-refractivity contribution in [3.8, 4) is 0 Å². The van der Waals surface area contributed by atoms with Gasteiger partial charge in [0.1, 0.15) is 0 Å². The molecule has 0 heterocycles. The quantitative estimate of drug-likeness (QED) is 0.655. The lowest BCUT2D eigenvalue weighted by Crippen LogP contribution is -2.28. The van der Waals surface area contributed by atoms with Crippen LogP contribution in [-0.2, 0) is 10.0 Å². The van der Waals surface area contributed by atoms with E-state index in [1.54, 1.807) is 0 Å². The number of halogens is 1. The Morgan fingerprint density at radius 3 is 2.55 bits per heavy atom. The predicted octanol–water partition coefficient (Wildman–Crippen LogP) is 0.555. The molecule has 0 radical (unpaired) electrons. The van der Waals surface area contributed by atoms with E-state index in [4.69, 9.17) is 11.6 Å². The second kappa shape index (κ2) is 3.74. The van der Waals surface area contributed by atoms with E-state index < -0.39 is 10.0 Å². The fraction of sp³-hybridized carbons (Fsp3) is 1.00. The minimum atomic E-state index is -3.07. The fourth-order valence-electron chi connectivity index (χ4n) is 0.741. The first-order valence-corrected chi connectivity index (χ1v) is 5.86. The molecule has 0 saturated heterocycles. The van der Waals surface area contributed by atoms with Gasteiger partial charge in [0.15, 0.2) is 0 Å². The molecule has 1 aliphatic rings. The smallest absolute Gasteiger partial charge is 0.212 e. The van der Waals surface area contributed by atoms with Crippen molar-refractivity contribution in [3.63, 3.8) is 0 Å². The van der Waals surface area contributed by atoms with Crippen molar-refractivity contribution in [1.82, 2.24) is 4.72 Å². The molecule has 1 fully saturated rings. The lowest BCUT2D eigenvalue weighted by Gasteiger charge is -2.02. The summed E-state index contributed by atoms with van der Waals surface area (Å²) in [5.41, 5.74) is 0. The van der Waals surface area contributed by atoms with Crippen LogP contribution in [0.25, 0.3) is 0 Å². The molecule has 1 aliphatic carbocycles. The summed E-state index contributed by atoms with van der Waals surface area (Å²) in [6, 6.07) is 0. The molecular weight excluding hydrogens is 186 g/mol. The highest BCUT2D eigenvalue weighted by Gasteiger charge is 2.22. The molecule has 0 aliphatic heterocycles. The van der Waals surface area contributed by atoms with E-state index in [1.807, 2.05) is 0 Å².